The number of amides is 3. The molecule has 0 spiro atoms. The third-order valence-corrected chi connectivity index (χ3v) is 6.19. The Morgan fingerprint density at radius 2 is 1.97 bits per heavy atom. The van der Waals surface area contributed by atoms with Gasteiger partial charge in [-0.2, -0.15) is 13.2 Å². The van der Waals surface area contributed by atoms with Crippen molar-refractivity contribution in [2.45, 2.75) is 55.0 Å². The first-order chi connectivity index (χ1) is 13.6. The number of alkyl halides is 3. The average molecular weight is 429 g/mol. The Hall–Kier alpha value is -2.23. The molecule has 0 saturated carbocycles. The molecule has 1 fully saturated rings. The molecule has 3 rings (SSSR count). The van der Waals surface area contributed by atoms with Crippen molar-refractivity contribution in [1.29, 1.82) is 0 Å². The largest absolute Gasteiger partial charge is 0.416 e. The predicted octanol–water partition coefficient (Wildman–Crippen LogP) is 3.03. The number of carbonyl (C=O) groups is 3. The molecule has 0 aliphatic carbocycles. The number of benzene rings is 1. The van der Waals surface area contributed by atoms with Crippen molar-refractivity contribution in [3.05, 3.63) is 23.8 Å². The first-order valence-electron chi connectivity index (χ1n) is 9.42. The molecule has 2 aliphatic rings. The van der Waals surface area contributed by atoms with E-state index in [-0.39, 0.29) is 18.0 Å². The third-order valence-electron chi connectivity index (χ3n) is 4.91. The van der Waals surface area contributed by atoms with Crippen LogP contribution in [-0.2, 0) is 20.6 Å². The summed E-state index contributed by atoms with van der Waals surface area (Å²) in [6, 6.07) is 2.42. The zero-order valence-electron chi connectivity index (χ0n) is 15.8. The molecule has 158 valence electrons. The molecule has 0 radical (unpaired) electrons. The van der Waals surface area contributed by atoms with Crippen LogP contribution in [0.15, 0.2) is 23.1 Å². The molecule has 1 aromatic rings. The van der Waals surface area contributed by atoms with E-state index in [0.717, 1.165) is 43.2 Å². The smallest absolute Gasteiger partial charge is 0.345 e. The van der Waals surface area contributed by atoms with Gasteiger partial charge < -0.3 is 15.5 Å². The van der Waals surface area contributed by atoms with Gasteiger partial charge in [-0.15, -0.1) is 11.8 Å². The summed E-state index contributed by atoms with van der Waals surface area (Å²) in [7, 11) is 0. The zero-order valence-corrected chi connectivity index (χ0v) is 16.7. The SMILES string of the molecule is C[C@H](NC(=O)C[C@@H]1Sc2ccc(C(F)(F)F)cc2NC1=O)C(=O)N1CCCCC1. The number of fused-ring (bicyclic) bond motifs is 1. The number of likely N-dealkylation sites (tertiary alicyclic amines) is 1. The molecule has 2 aliphatic heterocycles. The van der Waals surface area contributed by atoms with Gasteiger partial charge in [-0.3, -0.25) is 14.4 Å². The number of thioether (sulfide) groups is 1. The number of hydrogen-bond donors (Lipinski definition) is 2. The van der Waals surface area contributed by atoms with Gasteiger partial charge in [0.05, 0.1) is 16.5 Å². The van der Waals surface area contributed by atoms with Crippen LogP contribution >= 0.6 is 11.8 Å². The minimum Gasteiger partial charge on any atom is -0.345 e. The summed E-state index contributed by atoms with van der Waals surface area (Å²) in [6.45, 7) is 2.96. The third kappa shape index (κ3) is 5.23. The topological polar surface area (TPSA) is 78.5 Å². The van der Waals surface area contributed by atoms with Gasteiger partial charge in [0.2, 0.25) is 17.7 Å². The number of halogens is 3. The molecule has 29 heavy (non-hydrogen) atoms. The summed E-state index contributed by atoms with van der Waals surface area (Å²) in [4.78, 5) is 39.2. The quantitative estimate of drug-likeness (QED) is 0.771. The Balaban J connectivity index is 1.58. The van der Waals surface area contributed by atoms with Crippen LogP contribution in [0, 0.1) is 0 Å². The van der Waals surface area contributed by atoms with Crippen LogP contribution in [0.3, 0.4) is 0 Å². The molecular formula is C19H22F3N3O3S. The van der Waals surface area contributed by atoms with Crippen molar-refractivity contribution in [3.63, 3.8) is 0 Å². The van der Waals surface area contributed by atoms with E-state index in [1.165, 1.54) is 6.07 Å². The van der Waals surface area contributed by atoms with E-state index in [1.54, 1.807) is 11.8 Å². The average Bonchev–Trinajstić information content (AvgIpc) is 2.67. The summed E-state index contributed by atoms with van der Waals surface area (Å²) in [6.07, 6.45) is -1.70. The molecule has 3 amide bonds. The Morgan fingerprint density at radius 1 is 1.28 bits per heavy atom. The second-order valence-corrected chi connectivity index (χ2v) is 8.43. The fourth-order valence-electron chi connectivity index (χ4n) is 3.38. The number of piperidine rings is 1. The highest BCUT2D eigenvalue weighted by Crippen LogP contribution is 2.40. The molecular weight excluding hydrogens is 407 g/mol. The van der Waals surface area contributed by atoms with Crippen molar-refractivity contribution >= 4 is 35.2 Å². The minimum atomic E-state index is -4.50. The van der Waals surface area contributed by atoms with E-state index < -0.39 is 34.8 Å². The minimum absolute atomic E-state index is 0.0835. The van der Waals surface area contributed by atoms with Gasteiger partial charge >= 0.3 is 6.18 Å². The number of anilines is 1. The Labute approximate surface area is 170 Å². The fourth-order valence-corrected chi connectivity index (χ4v) is 4.47. The summed E-state index contributed by atoms with van der Waals surface area (Å²) in [5, 5.41) is 4.29. The van der Waals surface area contributed by atoms with Gasteiger partial charge in [0.15, 0.2) is 0 Å². The van der Waals surface area contributed by atoms with Gasteiger partial charge in [-0.05, 0) is 44.4 Å². The number of rotatable bonds is 4. The van der Waals surface area contributed by atoms with Crippen LogP contribution in [0.4, 0.5) is 18.9 Å². The summed E-state index contributed by atoms with van der Waals surface area (Å²) >= 11 is 1.04. The number of carbonyl (C=O) groups excluding carboxylic acids is 3. The molecule has 0 unspecified atom stereocenters. The van der Waals surface area contributed by atoms with Crippen LogP contribution in [0.1, 0.15) is 38.2 Å². The molecule has 2 N–H and O–H groups in total. The summed E-state index contributed by atoms with van der Waals surface area (Å²) < 4.78 is 38.5. The lowest BCUT2D eigenvalue weighted by molar-refractivity contribution is -0.137. The maximum Gasteiger partial charge on any atom is 0.416 e. The van der Waals surface area contributed by atoms with Crippen molar-refractivity contribution < 1.29 is 27.6 Å². The molecule has 2 heterocycles. The van der Waals surface area contributed by atoms with E-state index in [9.17, 15) is 27.6 Å². The van der Waals surface area contributed by atoms with Gasteiger partial charge in [-0.1, -0.05) is 0 Å². The molecule has 0 aromatic heterocycles. The standard InChI is InChI=1S/C19H22F3N3O3S/c1-11(18(28)25-7-3-2-4-8-25)23-16(26)10-15-17(27)24-13-9-12(19(20,21)22)5-6-14(13)29-15/h5-6,9,11,15H,2-4,7-8,10H2,1H3,(H,23,26)(H,24,27)/t11-,15-/m0/s1. The Bertz CT molecular complexity index is 810. The highest BCUT2D eigenvalue weighted by Gasteiger charge is 2.34. The molecule has 2 atom stereocenters. The normalized spacial score (nSPS) is 20.5. The van der Waals surface area contributed by atoms with E-state index in [1.807, 2.05) is 0 Å². The van der Waals surface area contributed by atoms with Crippen LogP contribution < -0.4 is 10.6 Å². The maximum absolute atomic E-state index is 12.8. The lowest BCUT2D eigenvalue weighted by atomic mass is 10.1. The zero-order chi connectivity index (χ0) is 21.2. The van der Waals surface area contributed by atoms with Crippen LogP contribution in [-0.4, -0.2) is 47.0 Å². The molecule has 6 nitrogen and oxygen atoms in total. The fraction of sp³-hybridized carbons (Fsp3) is 0.526. The summed E-state index contributed by atoms with van der Waals surface area (Å²) in [5.41, 5.74) is -0.765. The van der Waals surface area contributed by atoms with Crippen LogP contribution in [0.5, 0.6) is 0 Å². The second-order valence-electron chi connectivity index (χ2n) is 7.18. The van der Waals surface area contributed by atoms with E-state index in [4.69, 9.17) is 0 Å². The Kier molecular flexibility index (Phi) is 6.40. The van der Waals surface area contributed by atoms with Gasteiger partial charge in [0.1, 0.15) is 6.04 Å². The number of hydrogen-bond acceptors (Lipinski definition) is 4. The molecule has 1 aromatic carbocycles. The van der Waals surface area contributed by atoms with Crippen LogP contribution in [0.25, 0.3) is 0 Å². The predicted molar refractivity (Wildman–Crippen MR) is 102 cm³/mol. The second kappa shape index (κ2) is 8.64. The molecule has 10 heteroatoms. The summed E-state index contributed by atoms with van der Waals surface area (Å²) in [5.74, 6) is -1.14. The van der Waals surface area contributed by atoms with Crippen LogP contribution in [0.2, 0.25) is 0 Å². The molecule has 1 saturated heterocycles. The van der Waals surface area contributed by atoms with E-state index in [0.29, 0.717) is 18.0 Å². The van der Waals surface area contributed by atoms with E-state index >= 15 is 0 Å². The highest BCUT2D eigenvalue weighted by molar-refractivity contribution is 8.01. The first kappa shape index (κ1) is 21.5. The lowest BCUT2D eigenvalue weighted by Gasteiger charge is -2.30. The van der Waals surface area contributed by atoms with Crippen molar-refractivity contribution in [2.75, 3.05) is 18.4 Å². The van der Waals surface area contributed by atoms with Gasteiger partial charge in [0.25, 0.3) is 0 Å². The lowest BCUT2D eigenvalue weighted by Crippen LogP contribution is -2.49. The first-order valence-corrected chi connectivity index (χ1v) is 10.3. The van der Waals surface area contributed by atoms with Gasteiger partial charge in [-0.25, -0.2) is 0 Å². The highest BCUT2D eigenvalue weighted by atomic mass is 32.2. The number of nitrogens with one attached hydrogen (secondary N) is 2. The van der Waals surface area contributed by atoms with E-state index in [2.05, 4.69) is 10.6 Å². The van der Waals surface area contributed by atoms with Gasteiger partial charge in [0, 0.05) is 24.4 Å². The molecule has 0 bridgehead atoms. The van der Waals surface area contributed by atoms with Crippen molar-refractivity contribution in [1.82, 2.24) is 10.2 Å². The van der Waals surface area contributed by atoms with Crippen molar-refractivity contribution in [2.24, 2.45) is 0 Å². The van der Waals surface area contributed by atoms with Crippen molar-refractivity contribution in [3.8, 4) is 0 Å². The number of nitrogens with zero attached hydrogens (tertiary/aromatic N) is 1. The monoisotopic (exact) mass is 429 g/mol. The maximum atomic E-state index is 12.8. The Morgan fingerprint density at radius 3 is 2.62 bits per heavy atom.